The Morgan fingerprint density at radius 2 is 1.33 bits per heavy atom. The molecule has 0 atom stereocenters. The molecule has 2 heterocycles. The van der Waals surface area contributed by atoms with Crippen LogP contribution in [0.5, 0.6) is 0 Å². The number of piperazine rings is 1. The number of nitro benzene ring substituents is 1. The molecule has 2 aliphatic heterocycles. The number of nitro groups is 1. The van der Waals surface area contributed by atoms with Gasteiger partial charge in [0.2, 0.25) is 0 Å². The van der Waals surface area contributed by atoms with Gasteiger partial charge in [-0.25, -0.2) is 0 Å². The molecule has 2 aliphatic rings. The van der Waals surface area contributed by atoms with E-state index in [1.807, 2.05) is 23.1 Å². The molecule has 2 saturated heterocycles. The SMILES string of the molecule is O=C(c1ccccc1)N1CCN(C(=O)c2ccc(N3CCCC3)c([N+](=O)[O-])c2)CC1. The van der Waals surface area contributed by atoms with Gasteiger partial charge in [-0.3, -0.25) is 19.7 Å². The fourth-order valence-electron chi connectivity index (χ4n) is 4.09. The van der Waals surface area contributed by atoms with Crippen LogP contribution in [0, 0.1) is 10.1 Å². The zero-order chi connectivity index (χ0) is 21.1. The second-order valence-corrected chi connectivity index (χ2v) is 7.61. The topological polar surface area (TPSA) is 87.0 Å². The van der Waals surface area contributed by atoms with Gasteiger partial charge < -0.3 is 14.7 Å². The van der Waals surface area contributed by atoms with Crippen molar-refractivity contribution < 1.29 is 14.5 Å². The molecule has 30 heavy (non-hydrogen) atoms. The van der Waals surface area contributed by atoms with E-state index in [-0.39, 0.29) is 17.5 Å². The first-order chi connectivity index (χ1) is 14.5. The van der Waals surface area contributed by atoms with Crippen LogP contribution >= 0.6 is 0 Å². The fraction of sp³-hybridized carbons (Fsp3) is 0.364. The summed E-state index contributed by atoms with van der Waals surface area (Å²) < 4.78 is 0. The highest BCUT2D eigenvalue weighted by Gasteiger charge is 2.28. The Balaban J connectivity index is 1.44. The molecule has 0 saturated carbocycles. The molecule has 2 aromatic rings. The van der Waals surface area contributed by atoms with Crippen molar-refractivity contribution in [3.8, 4) is 0 Å². The number of rotatable bonds is 4. The highest BCUT2D eigenvalue weighted by atomic mass is 16.6. The Morgan fingerprint density at radius 1 is 0.767 bits per heavy atom. The van der Waals surface area contributed by atoms with Gasteiger partial charge in [0.1, 0.15) is 5.69 Å². The molecule has 2 aromatic carbocycles. The molecule has 8 nitrogen and oxygen atoms in total. The Kier molecular flexibility index (Phi) is 5.65. The quantitative estimate of drug-likeness (QED) is 0.574. The predicted molar refractivity (Wildman–Crippen MR) is 113 cm³/mol. The maximum Gasteiger partial charge on any atom is 0.293 e. The van der Waals surface area contributed by atoms with Gasteiger partial charge in [-0.15, -0.1) is 0 Å². The normalized spacial score (nSPS) is 16.6. The zero-order valence-corrected chi connectivity index (χ0v) is 16.7. The van der Waals surface area contributed by atoms with Crippen LogP contribution in [0.4, 0.5) is 11.4 Å². The number of anilines is 1. The summed E-state index contributed by atoms with van der Waals surface area (Å²) >= 11 is 0. The molecule has 4 rings (SSSR count). The summed E-state index contributed by atoms with van der Waals surface area (Å²) in [6.45, 7) is 3.27. The van der Waals surface area contributed by atoms with Gasteiger partial charge in [-0.05, 0) is 37.1 Å². The highest BCUT2D eigenvalue weighted by molar-refractivity contribution is 5.97. The zero-order valence-electron chi connectivity index (χ0n) is 16.7. The van der Waals surface area contributed by atoms with Crippen LogP contribution in [-0.4, -0.2) is 65.8 Å². The van der Waals surface area contributed by atoms with E-state index in [0.717, 1.165) is 25.9 Å². The standard InChI is InChI=1S/C22H24N4O4/c27-21(17-6-2-1-3-7-17)24-12-14-25(15-13-24)22(28)18-8-9-19(20(16-18)26(29)30)23-10-4-5-11-23/h1-3,6-9,16H,4-5,10-15H2. The summed E-state index contributed by atoms with van der Waals surface area (Å²) in [5.41, 5.74) is 1.49. The lowest BCUT2D eigenvalue weighted by Crippen LogP contribution is -2.50. The van der Waals surface area contributed by atoms with Crippen LogP contribution < -0.4 is 4.90 Å². The molecule has 0 radical (unpaired) electrons. The van der Waals surface area contributed by atoms with Crippen molar-refractivity contribution in [3.05, 3.63) is 69.8 Å². The van der Waals surface area contributed by atoms with Crippen molar-refractivity contribution in [2.75, 3.05) is 44.2 Å². The second kappa shape index (κ2) is 8.52. The fourth-order valence-corrected chi connectivity index (χ4v) is 4.09. The largest absolute Gasteiger partial charge is 0.366 e. The molecule has 156 valence electrons. The van der Waals surface area contributed by atoms with Crippen LogP contribution in [0.3, 0.4) is 0 Å². The first-order valence-corrected chi connectivity index (χ1v) is 10.2. The summed E-state index contributed by atoms with van der Waals surface area (Å²) in [5.74, 6) is -0.286. The highest BCUT2D eigenvalue weighted by Crippen LogP contribution is 2.32. The lowest BCUT2D eigenvalue weighted by atomic mass is 10.1. The Morgan fingerprint density at radius 3 is 1.90 bits per heavy atom. The number of amides is 2. The van der Waals surface area contributed by atoms with Crippen LogP contribution in [0.1, 0.15) is 33.6 Å². The average Bonchev–Trinajstić information content (AvgIpc) is 3.33. The van der Waals surface area contributed by atoms with E-state index in [1.54, 1.807) is 34.1 Å². The van der Waals surface area contributed by atoms with E-state index < -0.39 is 4.92 Å². The van der Waals surface area contributed by atoms with Gasteiger partial charge in [-0.1, -0.05) is 18.2 Å². The number of hydrogen-bond donors (Lipinski definition) is 0. The van der Waals surface area contributed by atoms with E-state index in [9.17, 15) is 19.7 Å². The number of nitrogens with zero attached hydrogens (tertiary/aromatic N) is 4. The van der Waals surface area contributed by atoms with Crippen LogP contribution in [0.15, 0.2) is 48.5 Å². The van der Waals surface area contributed by atoms with Crippen molar-refractivity contribution >= 4 is 23.2 Å². The minimum atomic E-state index is -0.416. The Labute approximate surface area is 174 Å². The second-order valence-electron chi connectivity index (χ2n) is 7.61. The summed E-state index contributed by atoms with van der Waals surface area (Å²) in [6, 6.07) is 13.8. The number of hydrogen-bond acceptors (Lipinski definition) is 5. The van der Waals surface area contributed by atoms with Crippen LogP contribution in [0.2, 0.25) is 0 Å². The van der Waals surface area contributed by atoms with Gasteiger partial charge in [0.05, 0.1) is 4.92 Å². The monoisotopic (exact) mass is 408 g/mol. The van der Waals surface area contributed by atoms with E-state index >= 15 is 0 Å². The molecule has 0 spiro atoms. The minimum Gasteiger partial charge on any atom is -0.366 e. The molecule has 0 aliphatic carbocycles. The maximum absolute atomic E-state index is 12.9. The third kappa shape index (κ3) is 3.98. The number of carbonyl (C=O) groups is 2. The smallest absolute Gasteiger partial charge is 0.293 e. The number of carbonyl (C=O) groups excluding carboxylic acids is 2. The molecular formula is C22H24N4O4. The summed E-state index contributed by atoms with van der Waals surface area (Å²) in [7, 11) is 0. The maximum atomic E-state index is 12.9. The Bertz CT molecular complexity index is 949. The lowest BCUT2D eigenvalue weighted by molar-refractivity contribution is -0.384. The summed E-state index contributed by atoms with van der Waals surface area (Å²) in [4.78, 5) is 42.1. The van der Waals surface area contributed by atoms with Gasteiger partial charge in [-0.2, -0.15) is 0 Å². The average molecular weight is 408 g/mol. The molecular weight excluding hydrogens is 384 g/mol. The van der Waals surface area contributed by atoms with Gasteiger partial charge in [0.25, 0.3) is 17.5 Å². The van der Waals surface area contributed by atoms with Crippen molar-refractivity contribution in [1.29, 1.82) is 0 Å². The summed E-state index contributed by atoms with van der Waals surface area (Å²) in [6.07, 6.45) is 2.04. The van der Waals surface area contributed by atoms with E-state index in [0.29, 0.717) is 43.0 Å². The van der Waals surface area contributed by atoms with E-state index in [4.69, 9.17) is 0 Å². The van der Waals surface area contributed by atoms with Crippen molar-refractivity contribution in [2.45, 2.75) is 12.8 Å². The molecule has 0 unspecified atom stereocenters. The molecule has 2 fully saturated rings. The van der Waals surface area contributed by atoms with Gasteiger partial charge in [0.15, 0.2) is 0 Å². The van der Waals surface area contributed by atoms with Crippen LogP contribution in [-0.2, 0) is 0 Å². The van der Waals surface area contributed by atoms with E-state index in [2.05, 4.69) is 0 Å². The van der Waals surface area contributed by atoms with Gasteiger partial charge in [0, 0.05) is 56.5 Å². The summed E-state index contributed by atoms with van der Waals surface area (Å²) in [5, 5.41) is 11.6. The van der Waals surface area contributed by atoms with Gasteiger partial charge >= 0.3 is 0 Å². The van der Waals surface area contributed by atoms with E-state index in [1.165, 1.54) is 6.07 Å². The molecule has 0 N–H and O–H groups in total. The third-order valence-corrected chi connectivity index (χ3v) is 5.74. The third-order valence-electron chi connectivity index (χ3n) is 5.74. The minimum absolute atomic E-state index is 0.0272. The molecule has 2 amide bonds. The van der Waals surface area contributed by atoms with Crippen molar-refractivity contribution in [1.82, 2.24) is 9.80 Å². The predicted octanol–water partition coefficient (Wildman–Crippen LogP) is 2.79. The molecule has 0 bridgehead atoms. The van der Waals surface area contributed by atoms with Crippen LogP contribution in [0.25, 0.3) is 0 Å². The first kappa shape index (κ1) is 19.9. The first-order valence-electron chi connectivity index (χ1n) is 10.2. The molecule has 8 heteroatoms. The molecule has 0 aromatic heterocycles. The number of benzene rings is 2. The lowest BCUT2D eigenvalue weighted by Gasteiger charge is -2.35. The Hall–Kier alpha value is -3.42. The van der Waals surface area contributed by atoms with Crippen molar-refractivity contribution in [2.24, 2.45) is 0 Å². The van der Waals surface area contributed by atoms with Crippen molar-refractivity contribution in [3.63, 3.8) is 0 Å².